The van der Waals surface area contributed by atoms with Gasteiger partial charge >= 0.3 is 0 Å². The van der Waals surface area contributed by atoms with E-state index in [0.717, 1.165) is 19.3 Å². The van der Waals surface area contributed by atoms with Crippen molar-refractivity contribution >= 4 is 11.6 Å². The highest BCUT2D eigenvalue weighted by Crippen LogP contribution is 2.66. The van der Waals surface area contributed by atoms with Crippen molar-refractivity contribution < 1.29 is 19.8 Å². The fourth-order valence-corrected chi connectivity index (χ4v) is 6.81. The zero-order chi connectivity index (χ0) is 18.9. The Bertz CT molecular complexity index is 734. The van der Waals surface area contributed by atoms with Crippen LogP contribution in [0.15, 0.2) is 23.3 Å². The van der Waals surface area contributed by atoms with E-state index in [2.05, 4.69) is 19.9 Å². The molecule has 4 rings (SSSR count). The van der Waals surface area contributed by atoms with Gasteiger partial charge in [-0.3, -0.25) is 9.59 Å². The molecule has 0 spiro atoms. The first-order valence-electron chi connectivity index (χ1n) is 9.99. The molecule has 142 valence electrons. The number of hydrogen-bond acceptors (Lipinski definition) is 4. The van der Waals surface area contributed by atoms with Crippen molar-refractivity contribution in [3.8, 4) is 0 Å². The van der Waals surface area contributed by atoms with Gasteiger partial charge in [0.25, 0.3) is 0 Å². The molecule has 4 aliphatic carbocycles. The minimum Gasteiger partial charge on any atom is -0.388 e. The van der Waals surface area contributed by atoms with E-state index in [4.69, 9.17) is 0 Å². The first kappa shape index (κ1) is 18.1. The first-order chi connectivity index (χ1) is 12.2. The van der Waals surface area contributed by atoms with Crippen molar-refractivity contribution in [2.45, 2.75) is 64.9 Å². The second kappa shape index (κ2) is 5.62. The fraction of sp³-hybridized carbons (Fsp3) is 0.727. The summed E-state index contributed by atoms with van der Waals surface area (Å²) in [6.45, 7) is 5.91. The second-order valence-corrected chi connectivity index (χ2v) is 9.46. The van der Waals surface area contributed by atoms with Crippen molar-refractivity contribution in [2.75, 3.05) is 6.61 Å². The molecule has 0 radical (unpaired) electrons. The van der Waals surface area contributed by atoms with Crippen LogP contribution in [0.1, 0.15) is 59.3 Å². The number of Topliss-reactive ketones (excluding diaryl/α,β-unsaturated/α-hetero) is 1. The van der Waals surface area contributed by atoms with Crippen LogP contribution in [0.25, 0.3) is 0 Å². The van der Waals surface area contributed by atoms with E-state index in [1.165, 1.54) is 11.1 Å². The van der Waals surface area contributed by atoms with Crippen LogP contribution in [0.4, 0.5) is 0 Å². The highest BCUT2D eigenvalue weighted by molar-refractivity contribution is 5.92. The summed E-state index contributed by atoms with van der Waals surface area (Å²) in [5.74, 6) is 0.707. The van der Waals surface area contributed by atoms with E-state index in [9.17, 15) is 19.8 Å². The molecule has 0 heterocycles. The lowest BCUT2D eigenvalue weighted by Crippen LogP contribution is -2.56. The number of fused-ring (bicyclic) bond motifs is 5. The number of ketones is 2. The standard InChI is InChI=1S/C22H30O4/c1-13-10-15(24)11-14-4-5-16-17-7-9-22(26,19(25)12-23)20(17,2)8-6-18(16)21(13,14)3/h6,11,13,16-17,23,26H,4-5,7-10,12H2,1-3H3/t13?,16-,17-,20-,21-,22-/m0/s1. The number of aliphatic hydroxyl groups excluding tert-OH is 1. The molecule has 26 heavy (non-hydrogen) atoms. The monoisotopic (exact) mass is 358 g/mol. The Balaban J connectivity index is 1.78. The van der Waals surface area contributed by atoms with Gasteiger partial charge in [-0.25, -0.2) is 0 Å². The van der Waals surface area contributed by atoms with Crippen LogP contribution in [0.5, 0.6) is 0 Å². The third kappa shape index (κ3) is 2.03. The molecular formula is C22H30O4. The Labute approximate surface area is 155 Å². The molecule has 0 aromatic heterocycles. The predicted molar refractivity (Wildman–Crippen MR) is 98.3 cm³/mol. The number of hydrogen-bond donors (Lipinski definition) is 2. The molecule has 2 N–H and O–H groups in total. The van der Waals surface area contributed by atoms with Gasteiger partial charge in [-0.05, 0) is 55.9 Å². The normalized spacial score (nSPS) is 47.4. The first-order valence-corrected chi connectivity index (χ1v) is 9.99. The van der Waals surface area contributed by atoms with Crippen molar-refractivity contribution in [2.24, 2.45) is 28.6 Å². The minimum atomic E-state index is -1.42. The van der Waals surface area contributed by atoms with Gasteiger partial charge in [0.1, 0.15) is 12.2 Å². The van der Waals surface area contributed by atoms with Gasteiger partial charge in [-0.2, -0.15) is 0 Å². The summed E-state index contributed by atoms with van der Waals surface area (Å²) in [5, 5.41) is 20.6. The number of carbonyl (C=O) groups is 2. The maximum Gasteiger partial charge on any atom is 0.190 e. The average molecular weight is 358 g/mol. The third-order valence-electron chi connectivity index (χ3n) is 8.64. The molecule has 0 bridgehead atoms. The molecule has 0 aromatic rings. The fourth-order valence-electron chi connectivity index (χ4n) is 6.81. The molecule has 0 aromatic carbocycles. The summed E-state index contributed by atoms with van der Waals surface area (Å²) in [6.07, 6.45) is 8.58. The van der Waals surface area contributed by atoms with Crippen LogP contribution < -0.4 is 0 Å². The van der Waals surface area contributed by atoms with Gasteiger partial charge in [0, 0.05) is 17.3 Å². The molecule has 2 fully saturated rings. The predicted octanol–water partition coefficient (Wildman–Crippen LogP) is 2.98. The van der Waals surface area contributed by atoms with Crippen LogP contribution in [0.3, 0.4) is 0 Å². The van der Waals surface area contributed by atoms with Crippen molar-refractivity contribution in [1.29, 1.82) is 0 Å². The highest BCUT2D eigenvalue weighted by atomic mass is 16.3. The van der Waals surface area contributed by atoms with Crippen LogP contribution in [0, 0.1) is 28.6 Å². The van der Waals surface area contributed by atoms with Crippen LogP contribution in [-0.4, -0.2) is 34.0 Å². The van der Waals surface area contributed by atoms with Crippen LogP contribution in [0.2, 0.25) is 0 Å². The lowest BCUT2D eigenvalue weighted by molar-refractivity contribution is -0.155. The summed E-state index contributed by atoms with van der Waals surface area (Å²) in [4.78, 5) is 24.4. The van der Waals surface area contributed by atoms with E-state index in [1.807, 2.05) is 13.0 Å². The zero-order valence-corrected chi connectivity index (χ0v) is 16.0. The third-order valence-corrected chi connectivity index (χ3v) is 8.64. The number of carbonyl (C=O) groups excluding carboxylic acids is 2. The van der Waals surface area contributed by atoms with Gasteiger partial charge < -0.3 is 10.2 Å². The summed E-state index contributed by atoms with van der Waals surface area (Å²) in [6, 6.07) is 0. The zero-order valence-electron chi connectivity index (χ0n) is 16.0. The second-order valence-electron chi connectivity index (χ2n) is 9.46. The lowest BCUT2D eigenvalue weighted by Gasteiger charge is -2.56. The summed E-state index contributed by atoms with van der Waals surface area (Å²) >= 11 is 0. The summed E-state index contributed by atoms with van der Waals surface area (Å²) < 4.78 is 0. The molecule has 2 saturated carbocycles. The van der Waals surface area contributed by atoms with E-state index in [0.29, 0.717) is 25.2 Å². The topological polar surface area (TPSA) is 74.6 Å². The quantitative estimate of drug-likeness (QED) is 0.744. The van der Waals surface area contributed by atoms with Crippen molar-refractivity contribution in [1.82, 2.24) is 0 Å². The molecule has 4 heteroatoms. The Kier molecular flexibility index (Phi) is 3.92. The number of aliphatic hydroxyl groups is 2. The maximum absolute atomic E-state index is 12.4. The lowest BCUT2D eigenvalue weighted by atomic mass is 9.48. The molecule has 4 nitrogen and oxygen atoms in total. The Hall–Kier alpha value is -1.26. The SMILES string of the molecule is CC1CC(=O)C=C2CC[C@@H]3C(=CC[C@@]4(C)[C@H]3CC[C@]4(O)C(=O)CO)[C@]21C. The average Bonchev–Trinajstić information content (AvgIpc) is 2.88. The molecule has 0 saturated heterocycles. The Morgan fingerprint density at radius 3 is 2.73 bits per heavy atom. The smallest absolute Gasteiger partial charge is 0.190 e. The molecular weight excluding hydrogens is 328 g/mol. The minimum absolute atomic E-state index is 0.0696. The van der Waals surface area contributed by atoms with Gasteiger partial charge in [-0.15, -0.1) is 0 Å². The van der Waals surface area contributed by atoms with Gasteiger partial charge in [0.15, 0.2) is 11.6 Å². The molecule has 0 amide bonds. The number of allylic oxidation sites excluding steroid dienone is 4. The van der Waals surface area contributed by atoms with Gasteiger partial charge in [0.05, 0.1) is 0 Å². The van der Waals surface area contributed by atoms with Crippen molar-refractivity contribution in [3.05, 3.63) is 23.3 Å². The molecule has 0 aliphatic heterocycles. The molecule has 1 unspecified atom stereocenters. The van der Waals surface area contributed by atoms with E-state index in [-0.39, 0.29) is 23.0 Å². The highest BCUT2D eigenvalue weighted by Gasteiger charge is 2.64. The van der Waals surface area contributed by atoms with E-state index < -0.39 is 23.4 Å². The largest absolute Gasteiger partial charge is 0.388 e. The van der Waals surface area contributed by atoms with Crippen LogP contribution in [-0.2, 0) is 9.59 Å². The summed E-state index contributed by atoms with van der Waals surface area (Å²) in [7, 11) is 0. The summed E-state index contributed by atoms with van der Waals surface area (Å²) in [5.41, 5.74) is 0.705. The van der Waals surface area contributed by atoms with Gasteiger partial charge in [0.2, 0.25) is 0 Å². The molecule has 6 atom stereocenters. The Morgan fingerprint density at radius 1 is 1.31 bits per heavy atom. The van der Waals surface area contributed by atoms with E-state index >= 15 is 0 Å². The van der Waals surface area contributed by atoms with E-state index in [1.54, 1.807) is 0 Å². The van der Waals surface area contributed by atoms with Gasteiger partial charge in [-0.1, -0.05) is 38.0 Å². The maximum atomic E-state index is 12.4. The van der Waals surface area contributed by atoms with Crippen LogP contribution >= 0.6 is 0 Å². The molecule has 4 aliphatic rings. The van der Waals surface area contributed by atoms with Crippen molar-refractivity contribution in [3.63, 3.8) is 0 Å². The number of rotatable bonds is 2. The Morgan fingerprint density at radius 2 is 2.04 bits per heavy atom.